The van der Waals surface area contributed by atoms with Gasteiger partial charge in [0.2, 0.25) is 0 Å². The summed E-state index contributed by atoms with van der Waals surface area (Å²) in [5.74, 6) is 0.132. The highest BCUT2D eigenvalue weighted by Crippen LogP contribution is 2.30. The molecule has 0 unspecified atom stereocenters. The Morgan fingerprint density at radius 2 is 1.82 bits per heavy atom. The highest BCUT2D eigenvalue weighted by atomic mass is 16.5. The second-order valence-electron chi connectivity index (χ2n) is 7.13. The first-order chi connectivity index (χ1) is 16.1. The normalized spacial score (nSPS) is 13.4. The SMILES string of the molecule is COc1ccc(CCNC(=O)/C(C#N)=C2\N=C(NC(=O)c3ccco3)c3ccccc32)cc1. The Labute approximate surface area is 190 Å². The van der Waals surface area contributed by atoms with Gasteiger partial charge in [-0.25, -0.2) is 4.99 Å². The average Bonchev–Trinajstić information content (AvgIpc) is 3.50. The van der Waals surface area contributed by atoms with E-state index in [2.05, 4.69) is 15.6 Å². The average molecular weight is 440 g/mol. The number of fused-ring (bicyclic) bond motifs is 1. The van der Waals surface area contributed by atoms with Crippen molar-refractivity contribution < 1.29 is 18.7 Å². The number of nitriles is 1. The van der Waals surface area contributed by atoms with Crippen LogP contribution in [0.5, 0.6) is 5.75 Å². The molecule has 0 aliphatic carbocycles. The van der Waals surface area contributed by atoms with Crippen LogP contribution < -0.4 is 15.4 Å². The zero-order chi connectivity index (χ0) is 23.2. The summed E-state index contributed by atoms with van der Waals surface area (Å²) in [7, 11) is 1.60. The van der Waals surface area contributed by atoms with Gasteiger partial charge in [0, 0.05) is 17.7 Å². The Morgan fingerprint density at radius 3 is 2.48 bits per heavy atom. The number of ether oxygens (including phenoxy) is 1. The van der Waals surface area contributed by atoms with Crippen molar-refractivity contribution in [1.82, 2.24) is 10.6 Å². The van der Waals surface area contributed by atoms with Crippen molar-refractivity contribution in [3.63, 3.8) is 0 Å². The quantitative estimate of drug-likeness (QED) is 0.451. The Hall–Kier alpha value is -4.64. The minimum atomic E-state index is -0.529. The van der Waals surface area contributed by atoms with Crippen LogP contribution >= 0.6 is 0 Å². The second kappa shape index (κ2) is 9.66. The molecule has 0 radical (unpaired) electrons. The maximum absolute atomic E-state index is 12.8. The smallest absolute Gasteiger partial charge is 0.292 e. The van der Waals surface area contributed by atoms with E-state index in [-0.39, 0.29) is 22.9 Å². The summed E-state index contributed by atoms with van der Waals surface area (Å²) >= 11 is 0. The predicted molar refractivity (Wildman–Crippen MR) is 121 cm³/mol. The zero-order valence-electron chi connectivity index (χ0n) is 17.8. The fraction of sp³-hybridized carbons (Fsp3) is 0.120. The number of hydrogen-bond donors (Lipinski definition) is 2. The van der Waals surface area contributed by atoms with Gasteiger partial charge in [0.1, 0.15) is 23.2 Å². The molecule has 164 valence electrons. The lowest BCUT2D eigenvalue weighted by Gasteiger charge is -2.07. The van der Waals surface area contributed by atoms with Crippen molar-refractivity contribution in [2.75, 3.05) is 13.7 Å². The van der Waals surface area contributed by atoms with E-state index < -0.39 is 11.8 Å². The van der Waals surface area contributed by atoms with E-state index in [1.165, 1.54) is 12.3 Å². The molecule has 1 aliphatic rings. The lowest BCUT2D eigenvalue weighted by Crippen LogP contribution is -2.30. The molecular formula is C25H20N4O4. The predicted octanol–water partition coefficient (Wildman–Crippen LogP) is 3.07. The highest BCUT2D eigenvalue weighted by Gasteiger charge is 2.27. The number of carbonyl (C=O) groups is 2. The summed E-state index contributed by atoms with van der Waals surface area (Å²) in [6.07, 6.45) is 1.99. The molecule has 2 heterocycles. The monoisotopic (exact) mass is 440 g/mol. The van der Waals surface area contributed by atoms with Gasteiger partial charge in [-0.1, -0.05) is 36.4 Å². The van der Waals surface area contributed by atoms with Crippen molar-refractivity contribution in [3.05, 3.63) is 95.0 Å². The summed E-state index contributed by atoms with van der Waals surface area (Å²) in [4.78, 5) is 29.6. The van der Waals surface area contributed by atoms with Crippen LogP contribution in [0.25, 0.3) is 5.70 Å². The minimum absolute atomic E-state index is 0.126. The van der Waals surface area contributed by atoms with E-state index >= 15 is 0 Å². The van der Waals surface area contributed by atoms with Crippen molar-refractivity contribution in [1.29, 1.82) is 5.26 Å². The van der Waals surface area contributed by atoms with E-state index in [9.17, 15) is 14.9 Å². The Morgan fingerprint density at radius 1 is 1.06 bits per heavy atom. The molecule has 0 atom stereocenters. The highest BCUT2D eigenvalue weighted by molar-refractivity contribution is 6.20. The molecule has 0 fully saturated rings. The molecule has 2 amide bonds. The van der Waals surface area contributed by atoms with Crippen LogP contribution in [0, 0.1) is 11.3 Å². The molecule has 2 aromatic carbocycles. The third kappa shape index (κ3) is 4.67. The second-order valence-corrected chi connectivity index (χ2v) is 7.13. The van der Waals surface area contributed by atoms with Gasteiger partial charge in [-0.2, -0.15) is 5.26 Å². The third-order valence-corrected chi connectivity index (χ3v) is 5.07. The van der Waals surface area contributed by atoms with Crippen LogP contribution in [0.2, 0.25) is 0 Å². The summed E-state index contributed by atoms with van der Waals surface area (Å²) < 4.78 is 10.3. The molecule has 0 saturated heterocycles. The molecule has 0 saturated carbocycles. The molecule has 2 N–H and O–H groups in total. The van der Waals surface area contributed by atoms with Crippen molar-refractivity contribution in [3.8, 4) is 11.8 Å². The molecule has 8 heteroatoms. The van der Waals surface area contributed by atoms with Crippen LogP contribution in [0.15, 0.2) is 81.9 Å². The van der Waals surface area contributed by atoms with Crippen LogP contribution in [0.1, 0.15) is 27.2 Å². The summed E-state index contributed by atoms with van der Waals surface area (Å²) in [6, 6.07) is 19.7. The van der Waals surface area contributed by atoms with Gasteiger partial charge in [-0.05, 0) is 36.2 Å². The summed E-state index contributed by atoms with van der Waals surface area (Å²) in [5, 5.41) is 15.2. The van der Waals surface area contributed by atoms with Gasteiger partial charge in [0.05, 0.1) is 19.1 Å². The molecule has 1 aliphatic heterocycles. The Balaban J connectivity index is 1.53. The topological polar surface area (TPSA) is 117 Å². The van der Waals surface area contributed by atoms with Crippen LogP contribution in [-0.4, -0.2) is 31.3 Å². The van der Waals surface area contributed by atoms with Crippen molar-refractivity contribution in [2.45, 2.75) is 6.42 Å². The van der Waals surface area contributed by atoms with E-state index in [0.717, 1.165) is 11.3 Å². The third-order valence-electron chi connectivity index (χ3n) is 5.07. The number of benzene rings is 2. The standard InChI is InChI=1S/C25H20N4O4/c1-32-17-10-8-16(9-11-17)12-13-27-24(30)20(15-26)22-18-5-2-3-6-19(18)23(28-22)29-25(31)21-7-4-14-33-21/h2-11,14H,12-13H2,1H3,(H,27,30)(H,28,29,31)/b22-20-. The first-order valence-electron chi connectivity index (χ1n) is 10.2. The van der Waals surface area contributed by atoms with Crippen LogP contribution in [-0.2, 0) is 11.2 Å². The maximum atomic E-state index is 12.8. The number of nitrogens with zero attached hydrogens (tertiary/aromatic N) is 2. The van der Waals surface area contributed by atoms with Gasteiger partial charge in [-0.3, -0.25) is 9.59 Å². The fourth-order valence-corrected chi connectivity index (χ4v) is 3.40. The molecule has 0 bridgehead atoms. The number of furan rings is 1. The Kier molecular flexibility index (Phi) is 6.32. The molecule has 4 rings (SSSR count). The largest absolute Gasteiger partial charge is 0.497 e. The van der Waals surface area contributed by atoms with Crippen molar-refractivity contribution in [2.24, 2.45) is 4.99 Å². The van der Waals surface area contributed by atoms with Gasteiger partial charge >= 0.3 is 0 Å². The number of carbonyl (C=O) groups excluding carboxylic acids is 2. The van der Waals surface area contributed by atoms with E-state index in [1.54, 1.807) is 37.4 Å². The molecule has 0 spiro atoms. The molecule has 8 nitrogen and oxygen atoms in total. The summed E-state index contributed by atoms with van der Waals surface area (Å²) in [6.45, 7) is 0.344. The number of hydrogen-bond acceptors (Lipinski definition) is 6. The molecule has 33 heavy (non-hydrogen) atoms. The molecule has 1 aromatic heterocycles. The molecular weight excluding hydrogens is 420 g/mol. The molecule has 3 aromatic rings. The Bertz CT molecular complexity index is 1280. The van der Waals surface area contributed by atoms with Crippen LogP contribution in [0.4, 0.5) is 0 Å². The minimum Gasteiger partial charge on any atom is -0.497 e. The number of amidine groups is 1. The number of rotatable bonds is 6. The van der Waals surface area contributed by atoms with Crippen molar-refractivity contribution >= 4 is 23.3 Å². The number of nitrogens with one attached hydrogen (secondary N) is 2. The van der Waals surface area contributed by atoms with Crippen LogP contribution in [0.3, 0.4) is 0 Å². The van der Waals surface area contributed by atoms with E-state index in [4.69, 9.17) is 9.15 Å². The number of aliphatic imine (C=N–C) groups is 1. The lowest BCUT2D eigenvalue weighted by atomic mass is 10.0. The fourth-order valence-electron chi connectivity index (χ4n) is 3.40. The first-order valence-corrected chi connectivity index (χ1v) is 10.2. The van der Waals surface area contributed by atoms with E-state index in [1.807, 2.05) is 30.3 Å². The van der Waals surface area contributed by atoms with Gasteiger partial charge < -0.3 is 19.8 Å². The number of amides is 2. The zero-order valence-corrected chi connectivity index (χ0v) is 17.8. The number of methoxy groups -OCH3 is 1. The van der Waals surface area contributed by atoms with E-state index in [0.29, 0.717) is 24.1 Å². The maximum Gasteiger partial charge on any atom is 0.292 e. The summed E-state index contributed by atoms with van der Waals surface area (Å²) in [5.41, 5.74) is 2.32. The van der Waals surface area contributed by atoms with Gasteiger partial charge in [0.25, 0.3) is 11.8 Å². The lowest BCUT2D eigenvalue weighted by molar-refractivity contribution is -0.117. The van der Waals surface area contributed by atoms with Gasteiger partial charge in [0.15, 0.2) is 5.76 Å². The van der Waals surface area contributed by atoms with Gasteiger partial charge in [-0.15, -0.1) is 0 Å². The first kappa shape index (κ1) is 21.6.